The summed E-state index contributed by atoms with van der Waals surface area (Å²) in [6.07, 6.45) is 0.586. The zero-order chi connectivity index (χ0) is 15.9. The van der Waals surface area contributed by atoms with Gasteiger partial charge in [-0.3, -0.25) is 4.79 Å². The first-order chi connectivity index (χ1) is 10.6. The first kappa shape index (κ1) is 16.1. The van der Waals surface area contributed by atoms with Crippen LogP contribution in [0, 0.1) is 0 Å². The summed E-state index contributed by atoms with van der Waals surface area (Å²) in [5, 5.41) is 3.38. The Labute approximate surface area is 133 Å². The summed E-state index contributed by atoms with van der Waals surface area (Å²) in [5.74, 6) is 0.230. The van der Waals surface area contributed by atoms with Gasteiger partial charge in [0, 0.05) is 36.1 Å². The number of hydrogen-bond donors (Lipinski definition) is 1. The van der Waals surface area contributed by atoms with Crippen LogP contribution in [0.25, 0.3) is 0 Å². The summed E-state index contributed by atoms with van der Waals surface area (Å²) in [7, 11) is 0. The number of nitrogens with zero attached hydrogens (tertiary/aromatic N) is 1. The van der Waals surface area contributed by atoms with Crippen LogP contribution in [0.3, 0.4) is 0 Å². The lowest BCUT2D eigenvalue weighted by Gasteiger charge is -2.29. The molecule has 0 spiro atoms. The van der Waals surface area contributed by atoms with Crippen molar-refractivity contribution in [1.29, 1.82) is 0 Å². The van der Waals surface area contributed by atoms with Crippen LogP contribution in [-0.2, 0) is 4.79 Å². The van der Waals surface area contributed by atoms with Gasteiger partial charge in [-0.15, -0.1) is 0 Å². The van der Waals surface area contributed by atoms with Crippen LogP contribution in [0.5, 0.6) is 0 Å². The monoisotopic (exact) mass is 296 g/mol. The number of Topliss-reactive ketones (excluding diaryl/α,β-unsaturated/α-hetero) is 1. The van der Waals surface area contributed by atoms with Crippen molar-refractivity contribution in [3.05, 3.63) is 54.6 Å². The molecule has 0 atom stereocenters. The summed E-state index contributed by atoms with van der Waals surface area (Å²) in [6.45, 7) is 6.70. The molecular weight excluding hydrogens is 272 g/mol. The summed E-state index contributed by atoms with van der Waals surface area (Å²) >= 11 is 0. The second-order valence-electron chi connectivity index (χ2n) is 5.78. The normalized spacial score (nSPS) is 10.5. The van der Waals surface area contributed by atoms with Gasteiger partial charge in [-0.05, 0) is 57.2 Å². The smallest absolute Gasteiger partial charge is 0.131 e. The Morgan fingerprint density at radius 1 is 1.00 bits per heavy atom. The minimum Gasteiger partial charge on any atom is -0.369 e. The van der Waals surface area contributed by atoms with Gasteiger partial charge >= 0.3 is 0 Å². The van der Waals surface area contributed by atoms with E-state index in [2.05, 4.69) is 48.3 Å². The Bertz CT molecular complexity index is 591. The lowest BCUT2D eigenvalue weighted by atomic mass is 10.2. The highest BCUT2D eigenvalue weighted by atomic mass is 16.1. The molecular formula is C19H24N2O. The van der Waals surface area contributed by atoms with Gasteiger partial charge < -0.3 is 10.2 Å². The van der Waals surface area contributed by atoms with Gasteiger partial charge in [-0.2, -0.15) is 0 Å². The van der Waals surface area contributed by atoms with Crippen molar-refractivity contribution in [2.75, 3.05) is 16.8 Å². The van der Waals surface area contributed by atoms with Crippen molar-refractivity contribution in [3.8, 4) is 0 Å². The molecule has 0 heterocycles. The molecule has 1 N–H and O–H groups in total. The Hall–Kier alpha value is -2.29. The summed E-state index contributed by atoms with van der Waals surface area (Å²) < 4.78 is 0. The fourth-order valence-corrected chi connectivity index (χ4v) is 2.39. The molecule has 2 aromatic carbocycles. The SMILES string of the molecule is CC(=O)CCN(c1ccc(Nc2ccccc2)cc1)C(C)C. The topological polar surface area (TPSA) is 32.3 Å². The van der Waals surface area contributed by atoms with E-state index in [0.717, 1.165) is 23.6 Å². The number of nitrogens with one attached hydrogen (secondary N) is 1. The third-order valence-electron chi connectivity index (χ3n) is 3.59. The Morgan fingerprint density at radius 3 is 2.14 bits per heavy atom. The van der Waals surface area contributed by atoms with Gasteiger partial charge in [0.1, 0.15) is 5.78 Å². The van der Waals surface area contributed by atoms with Crippen LogP contribution in [0.2, 0.25) is 0 Å². The number of benzene rings is 2. The molecule has 22 heavy (non-hydrogen) atoms. The standard InChI is InChI=1S/C19H24N2O/c1-15(2)21(14-13-16(3)22)19-11-9-18(10-12-19)20-17-7-5-4-6-8-17/h4-12,15,20H,13-14H2,1-3H3. The molecule has 0 aliphatic heterocycles. The van der Waals surface area contributed by atoms with Crippen molar-refractivity contribution in [2.45, 2.75) is 33.2 Å². The maximum Gasteiger partial charge on any atom is 0.131 e. The fraction of sp³-hybridized carbons (Fsp3) is 0.316. The van der Waals surface area contributed by atoms with E-state index < -0.39 is 0 Å². The van der Waals surface area contributed by atoms with E-state index >= 15 is 0 Å². The number of anilines is 3. The molecule has 3 nitrogen and oxygen atoms in total. The second kappa shape index (κ2) is 7.64. The molecule has 0 fully saturated rings. The van der Waals surface area contributed by atoms with E-state index in [9.17, 15) is 4.79 Å². The van der Waals surface area contributed by atoms with Crippen molar-refractivity contribution >= 4 is 22.8 Å². The van der Waals surface area contributed by atoms with Crippen LogP contribution in [-0.4, -0.2) is 18.4 Å². The van der Waals surface area contributed by atoms with Crippen molar-refractivity contribution in [1.82, 2.24) is 0 Å². The van der Waals surface area contributed by atoms with E-state index in [1.807, 2.05) is 30.3 Å². The molecule has 0 bridgehead atoms. The molecule has 0 saturated heterocycles. The number of para-hydroxylation sites is 1. The predicted octanol–water partition coefficient (Wildman–Crippen LogP) is 4.62. The minimum absolute atomic E-state index is 0.230. The molecule has 0 saturated carbocycles. The number of rotatable bonds is 7. The molecule has 0 unspecified atom stereocenters. The lowest BCUT2D eigenvalue weighted by molar-refractivity contribution is -0.116. The third kappa shape index (κ3) is 4.62. The fourth-order valence-electron chi connectivity index (χ4n) is 2.39. The van der Waals surface area contributed by atoms with E-state index in [1.165, 1.54) is 0 Å². The quantitative estimate of drug-likeness (QED) is 0.809. The number of carbonyl (C=O) groups excluding carboxylic acids is 1. The first-order valence-corrected chi connectivity index (χ1v) is 7.74. The minimum atomic E-state index is 0.230. The van der Waals surface area contributed by atoms with Gasteiger partial charge in [0.05, 0.1) is 0 Å². The molecule has 0 aliphatic rings. The van der Waals surface area contributed by atoms with E-state index in [-0.39, 0.29) is 5.78 Å². The number of ketones is 1. The van der Waals surface area contributed by atoms with Gasteiger partial charge in [-0.1, -0.05) is 18.2 Å². The zero-order valence-corrected chi connectivity index (χ0v) is 13.5. The molecule has 0 aliphatic carbocycles. The van der Waals surface area contributed by atoms with Gasteiger partial charge in [0.15, 0.2) is 0 Å². The maximum atomic E-state index is 11.2. The predicted molar refractivity (Wildman–Crippen MR) is 93.9 cm³/mol. The van der Waals surface area contributed by atoms with Crippen LogP contribution >= 0.6 is 0 Å². The van der Waals surface area contributed by atoms with Gasteiger partial charge in [-0.25, -0.2) is 0 Å². The molecule has 2 aromatic rings. The highest BCUT2D eigenvalue weighted by Gasteiger charge is 2.11. The van der Waals surface area contributed by atoms with Gasteiger partial charge in [0.25, 0.3) is 0 Å². The first-order valence-electron chi connectivity index (χ1n) is 7.74. The average Bonchev–Trinajstić information content (AvgIpc) is 2.49. The average molecular weight is 296 g/mol. The largest absolute Gasteiger partial charge is 0.369 e. The van der Waals surface area contributed by atoms with Crippen LogP contribution in [0.15, 0.2) is 54.6 Å². The van der Waals surface area contributed by atoms with E-state index in [0.29, 0.717) is 12.5 Å². The van der Waals surface area contributed by atoms with Crippen LogP contribution < -0.4 is 10.2 Å². The maximum absolute atomic E-state index is 11.2. The number of hydrogen-bond acceptors (Lipinski definition) is 3. The Morgan fingerprint density at radius 2 is 1.59 bits per heavy atom. The summed E-state index contributed by atoms with van der Waals surface area (Å²) in [4.78, 5) is 13.5. The summed E-state index contributed by atoms with van der Waals surface area (Å²) in [5.41, 5.74) is 3.28. The lowest BCUT2D eigenvalue weighted by Crippen LogP contribution is -2.32. The molecule has 0 radical (unpaired) electrons. The van der Waals surface area contributed by atoms with E-state index in [4.69, 9.17) is 0 Å². The Kier molecular flexibility index (Phi) is 5.59. The zero-order valence-electron chi connectivity index (χ0n) is 13.5. The Balaban J connectivity index is 2.07. The van der Waals surface area contributed by atoms with Crippen molar-refractivity contribution < 1.29 is 4.79 Å². The van der Waals surface area contributed by atoms with Crippen LogP contribution in [0.1, 0.15) is 27.2 Å². The highest BCUT2D eigenvalue weighted by Crippen LogP contribution is 2.22. The third-order valence-corrected chi connectivity index (χ3v) is 3.59. The van der Waals surface area contributed by atoms with Crippen molar-refractivity contribution in [3.63, 3.8) is 0 Å². The molecule has 116 valence electrons. The molecule has 0 aromatic heterocycles. The second-order valence-corrected chi connectivity index (χ2v) is 5.78. The van der Waals surface area contributed by atoms with E-state index in [1.54, 1.807) is 6.92 Å². The molecule has 2 rings (SSSR count). The van der Waals surface area contributed by atoms with Gasteiger partial charge in [0.2, 0.25) is 0 Å². The van der Waals surface area contributed by atoms with Crippen LogP contribution in [0.4, 0.5) is 17.1 Å². The highest BCUT2D eigenvalue weighted by molar-refractivity contribution is 5.76. The molecule has 0 amide bonds. The molecule has 3 heteroatoms. The number of carbonyl (C=O) groups is 1. The summed E-state index contributed by atoms with van der Waals surface area (Å²) in [6, 6.07) is 18.8. The van der Waals surface area contributed by atoms with Crippen molar-refractivity contribution in [2.24, 2.45) is 0 Å².